The summed E-state index contributed by atoms with van der Waals surface area (Å²) in [7, 11) is 0. The molecule has 0 N–H and O–H groups in total. The molecule has 0 aromatic heterocycles. The Morgan fingerprint density at radius 3 is 1.58 bits per heavy atom. The molecule has 1 fully saturated rings. The minimum Gasteiger partial charge on any atom is -0.207 e. The summed E-state index contributed by atoms with van der Waals surface area (Å²) in [6.45, 7) is 3.77. The van der Waals surface area contributed by atoms with Gasteiger partial charge in [0, 0.05) is 27.8 Å². The normalized spacial score (nSPS) is 17.5. The van der Waals surface area contributed by atoms with E-state index in [9.17, 15) is 8.78 Å². The van der Waals surface area contributed by atoms with Gasteiger partial charge in [0.05, 0.1) is 0 Å². The van der Waals surface area contributed by atoms with Crippen molar-refractivity contribution < 1.29 is 8.78 Å². The fraction of sp³-hybridized carbons (Fsp3) is 0.290. The molecule has 0 atom stereocenters. The van der Waals surface area contributed by atoms with Crippen molar-refractivity contribution in [2.75, 3.05) is 0 Å². The molecule has 0 bridgehead atoms. The quantitative estimate of drug-likeness (QED) is 0.365. The Bertz CT molecular complexity index is 1200. The Hall–Kier alpha value is -3.36. The molecule has 0 saturated heterocycles. The predicted octanol–water partition coefficient (Wildman–Crippen LogP) is 7.44. The number of rotatable bonds is 2. The van der Waals surface area contributed by atoms with Gasteiger partial charge in [0.25, 0.3) is 0 Å². The zero-order valence-corrected chi connectivity index (χ0v) is 19.2. The lowest BCUT2D eigenvalue weighted by Crippen LogP contribution is -2.14. The van der Waals surface area contributed by atoms with E-state index in [-0.39, 0.29) is 5.56 Å². The zero-order chi connectivity index (χ0) is 23.2. The lowest BCUT2D eigenvalue weighted by Gasteiger charge is -2.26. The molecule has 166 valence electrons. The van der Waals surface area contributed by atoms with Gasteiger partial charge in [-0.1, -0.05) is 55.6 Å². The standard InChI is InChI=1S/C31H28F2/c1-22-3-5-27(6-4-22)19-28-16-13-26(14-17-28)12-9-24-7-10-25(11-8-24)15-18-29-20-30(32)23(2)31(33)21-29/h7-8,10-11,13-14,16-17,20-22,27H,3-6,19H2,1-2H3. The van der Waals surface area contributed by atoms with Crippen LogP contribution in [0.3, 0.4) is 0 Å². The van der Waals surface area contributed by atoms with Crippen molar-refractivity contribution in [3.05, 3.63) is 106 Å². The van der Waals surface area contributed by atoms with Crippen LogP contribution >= 0.6 is 0 Å². The van der Waals surface area contributed by atoms with Gasteiger partial charge in [0.15, 0.2) is 0 Å². The molecule has 3 aromatic carbocycles. The van der Waals surface area contributed by atoms with Gasteiger partial charge in [-0.3, -0.25) is 0 Å². The van der Waals surface area contributed by atoms with E-state index in [4.69, 9.17) is 0 Å². The smallest absolute Gasteiger partial charge is 0.130 e. The molecule has 0 spiro atoms. The maximum atomic E-state index is 13.7. The highest BCUT2D eigenvalue weighted by molar-refractivity contribution is 5.48. The highest BCUT2D eigenvalue weighted by Gasteiger charge is 2.18. The van der Waals surface area contributed by atoms with Gasteiger partial charge in [0.1, 0.15) is 11.6 Å². The molecule has 0 aliphatic heterocycles. The van der Waals surface area contributed by atoms with Crippen LogP contribution in [0.5, 0.6) is 0 Å². The third kappa shape index (κ3) is 6.34. The largest absolute Gasteiger partial charge is 0.207 e. The Morgan fingerprint density at radius 1 is 0.667 bits per heavy atom. The molecule has 1 aliphatic rings. The molecule has 0 nitrogen and oxygen atoms in total. The first-order valence-corrected chi connectivity index (χ1v) is 11.6. The second kappa shape index (κ2) is 10.5. The van der Waals surface area contributed by atoms with Crippen LogP contribution in [0.25, 0.3) is 0 Å². The third-order valence-electron chi connectivity index (χ3n) is 6.48. The average molecular weight is 439 g/mol. The van der Waals surface area contributed by atoms with E-state index in [1.165, 1.54) is 56.7 Å². The average Bonchev–Trinajstić information content (AvgIpc) is 2.83. The lowest BCUT2D eigenvalue weighted by atomic mass is 9.80. The molecular formula is C31H28F2. The highest BCUT2D eigenvalue weighted by Crippen LogP contribution is 2.30. The fourth-order valence-electron chi connectivity index (χ4n) is 4.23. The van der Waals surface area contributed by atoms with Crippen molar-refractivity contribution in [2.24, 2.45) is 11.8 Å². The highest BCUT2D eigenvalue weighted by atomic mass is 19.1. The molecule has 2 heteroatoms. The van der Waals surface area contributed by atoms with Crippen LogP contribution in [0.2, 0.25) is 0 Å². The van der Waals surface area contributed by atoms with Crippen LogP contribution in [0.15, 0.2) is 60.7 Å². The molecule has 4 rings (SSSR count). The first kappa shape index (κ1) is 22.8. The summed E-state index contributed by atoms with van der Waals surface area (Å²) >= 11 is 0. The second-order valence-corrected chi connectivity index (χ2v) is 9.17. The van der Waals surface area contributed by atoms with Crippen LogP contribution in [0, 0.1) is 54.1 Å². The minimum atomic E-state index is -0.582. The Balaban J connectivity index is 1.37. The monoisotopic (exact) mass is 438 g/mol. The molecule has 0 radical (unpaired) electrons. The molecule has 0 amide bonds. The van der Waals surface area contributed by atoms with Crippen molar-refractivity contribution >= 4 is 0 Å². The number of halogens is 2. The Labute approximate surface area is 196 Å². The zero-order valence-electron chi connectivity index (χ0n) is 19.2. The van der Waals surface area contributed by atoms with E-state index in [2.05, 4.69) is 54.9 Å². The van der Waals surface area contributed by atoms with Crippen LogP contribution in [0.1, 0.15) is 66.0 Å². The van der Waals surface area contributed by atoms with Gasteiger partial charge >= 0.3 is 0 Å². The van der Waals surface area contributed by atoms with Crippen molar-refractivity contribution in [2.45, 2.75) is 46.0 Å². The van der Waals surface area contributed by atoms with Gasteiger partial charge in [0.2, 0.25) is 0 Å². The maximum absolute atomic E-state index is 13.7. The number of hydrogen-bond acceptors (Lipinski definition) is 0. The van der Waals surface area contributed by atoms with E-state index >= 15 is 0 Å². The Kier molecular flexibility index (Phi) is 7.26. The van der Waals surface area contributed by atoms with Crippen LogP contribution in [-0.2, 0) is 6.42 Å². The van der Waals surface area contributed by atoms with E-state index in [1.807, 2.05) is 24.3 Å². The Morgan fingerprint density at radius 2 is 1.09 bits per heavy atom. The van der Waals surface area contributed by atoms with E-state index < -0.39 is 11.6 Å². The summed E-state index contributed by atoms with van der Waals surface area (Å²) < 4.78 is 27.3. The summed E-state index contributed by atoms with van der Waals surface area (Å²) in [5, 5.41) is 0. The second-order valence-electron chi connectivity index (χ2n) is 9.17. The van der Waals surface area contributed by atoms with Crippen LogP contribution < -0.4 is 0 Å². The van der Waals surface area contributed by atoms with Crippen molar-refractivity contribution in [1.29, 1.82) is 0 Å². The summed E-state index contributed by atoms with van der Waals surface area (Å²) in [5.74, 6) is 12.7. The van der Waals surface area contributed by atoms with Crippen LogP contribution in [0.4, 0.5) is 8.78 Å². The summed E-state index contributed by atoms with van der Waals surface area (Å²) in [5.41, 5.74) is 4.40. The molecule has 1 aliphatic carbocycles. The molecule has 1 saturated carbocycles. The molecular weight excluding hydrogens is 410 g/mol. The minimum absolute atomic E-state index is 0.0111. The van der Waals surface area contributed by atoms with Gasteiger partial charge in [-0.2, -0.15) is 0 Å². The van der Waals surface area contributed by atoms with Crippen molar-refractivity contribution in [3.8, 4) is 23.7 Å². The van der Waals surface area contributed by atoms with Gasteiger partial charge in [-0.15, -0.1) is 0 Å². The third-order valence-corrected chi connectivity index (χ3v) is 6.48. The SMILES string of the molecule is Cc1c(F)cc(C#Cc2ccc(C#Cc3ccc(CC4CCC(C)CC4)cc3)cc2)cc1F. The number of hydrogen-bond donors (Lipinski definition) is 0. The topological polar surface area (TPSA) is 0 Å². The lowest BCUT2D eigenvalue weighted by molar-refractivity contribution is 0.289. The van der Waals surface area contributed by atoms with Crippen LogP contribution in [-0.4, -0.2) is 0 Å². The first-order valence-electron chi connectivity index (χ1n) is 11.6. The first-order chi connectivity index (χ1) is 16.0. The molecule has 33 heavy (non-hydrogen) atoms. The van der Waals surface area contributed by atoms with E-state index in [0.29, 0.717) is 5.56 Å². The van der Waals surface area contributed by atoms with Gasteiger partial charge in [-0.05, 0) is 92.1 Å². The van der Waals surface area contributed by atoms with E-state index in [1.54, 1.807) is 0 Å². The molecule has 0 heterocycles. The van der Waals surface area contributed by atoms with Gasteiger partial charge < -0.3 is 0 Å². The summed E-state index contributed by atoms with van der Waals surface area (Å²) in [4.78, 5) is 0. The molecule has 0 unspecified atom stereocenters. The van der Waals surface area contributed by atoms with Crippen molar-refractivity contribution in [3.63, 3.8) is 0 Å². The maximum Gasteiger partial charge on any atom is 0.130 e. The summed E-state index contributed by atoms with van der Waals surface area (Å²) in [6.07, 6.45) is 6.60. The molecule has 3 aromatic rings. The summed E-state index contributed by atoms with van der Waals surface area (Å²) in [6, 6.07) is 18.7. The van der Waals surface area contributed by atoms with E-state index in [0.717, 1.165) is 28.5 Å². The fourth-order valence-corrected chi connectivity index (χ4v) is 4.23. The van der Waals surface area contributed by atoms with Crippen molar-refractivity contribution in [1.82, 2.24) is 0 Å². The van der Waals surface area contributed by atoms with Gasteiger partial charge in [-0.25, -0.2) is 8.78 Å². The predicted molar refractivity (Wildman–Crippen MR) is 131 cm³/mol. The number of benzene rings is 3.